The molecule has 0 aliphatic carbocycles. The summed E-state index contributed by atoms with van der Waals surface area (Å²) in [4.78, 5) is 30.3. The van der Waals surface area contributed by atoms with Crippen molar-refractivity contribution in [2.45, 2.75) is 6.54 Å². The Bertz CT molecular complexity index is 1520. The molecular formula is C24H16F2N4O2. The van der Waals surface area contributed by atoms with Crippen molar-refractivity contribution in [3.8, 4) is 11.3 Å². The van der Waals surface area contributed by atoms with E-state index in [9.17, 15) is 18.4 Å². The average molecular weight is 430 g/mol. The standard InChI is InChI=1S/C24H16F2N4O2/c25-16-7-5-15(6-8-16)19-13-23(32)30-21-4-2-1-3-20(21)29(24(30)28-19)14-22(31)27-18-11-9-17(26)10-12-18/h1-13H,14H2,(H,27,31). The van der Waals surface area contributed by atoms with Gasteiger partial charge in [0.25, 0.3) is 5.56 Å². The van der Waals surface area contributed by atoms with Crippen LogP contribution in [0.15, 0.2) is 83.7 Å². The Morgan fingerprint density at radius 1 is 0.875 bits per heavy atom. The normalized spacial score (nSPS) is 11.2. The zero-order valence-corrected chi connectivity index (χ0v) is 16.6. The van der Waals surface area contributed by atoms with Gasteiger partial charge in [-0.2, -0.15) is 0 Å². The molecule has 0 fully saturated rings. The molecule has 0 atom stereocenters. The molecule has 0 saturated carbocycles. The van der Waals surface area contributed by atoms with Crippen LogP contribution < -0.4 is 10.9 Å². The molecule has 32 heavy (non-hydrogen) atoms. The van der Waals surface area contributed by atoms with Crippen molar-refractivity contribution in [2.75, 3.05) is 5.32 Å². The first-order valence-electron chi connectivity index (χ1n) is 9.82. The third-order valence-electron chi connectivity index (χ3n) is 5.13. The monoisotopic (exact) mass is 430 g/mol. The second-order valence-electron chi connectivity index (χ2n) is 7.25. The maximum absolute atomic E-state index is 13.3. The van der Waals surface area contributed by atoms with Crippen LogP contribution in [0.25, 0.3) is 28.1 Å². The van der Waals surface area contributed by atoms with Crippen LogP contribution in [0.4, 0.5) is 14.5 Å². The first kappa shape index (κ1) is 19.6. The van der Waals surface area contributed by atoms with Crippen LogP contribution in [0.2, 0.25) is 0 Å². The summed E-state index contributed by atoms with van der Waals surface area (Å²) >= 11 is 0. The minimum atomic E-state index is -0.401. The van der Waals surface area contributed by atoms with Gasteiger partial charge in [0.1, 0.15) is 18.2 Å². The number of rotatable bonds is 4. The van der Waals surface area contributed by atoms with Crippen LogP contribution in [0.5, 0.6) is 0 Å². The SMILES string of the molecule is O=C(Cn1c2ccccc2n2c(=O)cc(-c3ccc(F)cc3)nc12)Nc1ccc(F)cc1. The van der Waals surface area contributed by atoms with Crippen LogP contribution in [-0.4, -0.2) is 19.9 Å². The minimum Gasteiger partial charge on any atom is -0.325 e. The van der Waals surface area contributed by atoms with Crippen LogP contribution >= 0.6 is 0 Å². The predicted octanol–water partition coefficient (Wildman–Crippen LogP) is 4.23. The number of carbonyl (C=O) groups excluding carboxylic acids is 1. The van der Waals surface area contributed by atoms with E-state index in [2.05, 4.69) is 10.3 Å². The molecule has 0 saturated heterocycles. The van der Waals surface area contributed by atoms with Gasteiger partial charge in [0.15, 0.2) is 0 Å². The van der Waals surface area contributed by atoms with Crippen molar-refractivity contribution >= 4 is 28.4 Å². The number of hydrogen-bond acceptors (Lipinski definition) is 3. The van der Waals surface area contributed by atoms with Gasteiger partial charge in [0.05, 0.1) is 16.7 Å². The largest absolute Gasteiger partial charge is 0.325 e. The summed E-state index contributed by atoms with van der Waals surface area (Å²) in [6.45, 7) is -0.117. The van der Waals surface area contributed by atoms with Gasteiger partial charge < -0.3 is 9.88 Å². The first-order valence-corrected chi connectivity index (χ1v) is 9.82. The summed E-state index contributed by atoms with van der Waals surface area (Å²) in [5.41, 5.74) is 2.36. The molecule has 0 aliphatic rings. The van der Waals surface area contributed by atoms with Crippen molar-refractivity contribution in [3.05, 3.63) is 101 Å². The zero-order chi connectivity index (χ0) is 22.2. The van der Waals surface area contributed by atoms with Crippen molar-refractivity contribution < 1.29 is 13.6 Å². The molecule has 6 nitrogen and oxygen atoms in total. The highest BCUT2D eigenvalue weighted by Gasteiger charge is 2.17. The summed E-state index contributed by atoms with van der Waals surface area (Å²) in [7, 11) is 0. The van der Waals surface area contributed by atoms with Gasteiger partial charge in [-0.25, -0.2) is 18.2 Å². The van der Waals surface area contributed by atoms with E-state index in [4.69, 9.17) is 0 Å². The van der Waals surface area contributed by atoms with Gasteiger partial charge in [0.2, 0.25) is 11.7 Å². The fraction of sp³-hybridized carbons (Fsp3) is 0.0417. The lowest BCUT2D eigenvalue weighted by Crippen LogP contribution is -2.20. The van der Waals surface area contributed by atoms with Gasteiger partial charge in [-0.1, -0.05) is 12.1 Å². The molecular weight excluding hydrogens is 414 g/mol. The lowest BCUT2D eigenvalue weighted by molar-refractivity contribution is -0.116. The summed E-state index contributed by atoms with van der Waals surface area (Å²) in [6, 6.07) is 19.7. The highest BCUT2D eigenvalue weighted by Crippen LogP contribution is 2.22. The number of amides is 1. The Labute approximate surface area is 180 Å². The molecule has 1 N–H and O–H groups in total. The minimum absolute atomic E-state index is 0.117. The number of carbonyl (C=O) groups is 1. The van der Waals surface area contributed by atoms with Crippen LogP contribution in [0.1, 0.15) is 0 Å². The highest BCUT2D eigenvalue weighted by molar-refractivity contribution is 5.92. The molecule has 0 unspecified atom stereocenters. The Hall–Kier alpha value is -4.33. The maximum Gasteiger partial charge on any atom is 0.260 e. The Morgan fingerprint density at radius 2 is 1.50 bits per heavy atom. The molecule has 2 aromatic heterocycles. The van der Waals surface area contributed by atoms with Gasteiger partial charge in [-0.3, -0.25) is 9.59 Å². The van der Waals surface area contributed by atoms with Gasteiger partial charge in [-0.15, -0.1) is 0 Å². The topological polar surface area (TPSA) is 68.4 Å². The average Bonchev–Trinajstić information content (AvgIpc) is 3.10. The van der Waals surface area contributed by atoms with Crippen molar-refractivity contribution in [3.63, 3.8) is 0 Å². The number of imidazole rings is 1. The zero-order valence-electron chi connectivity index (χ0n) is 16.6. The number of benzene rings is 3. The number of nitrogens with one attached hydrogen (secondary N) is 1. The molecule has 3 aromatic carbocycles. The summed E-state index contributed by atoms with van der Waals surface area (Å²) in [5.74, 6) is -0.867. The molecule has 0 spiro atoms. The molecule has 5 rings (SSSR count). The third kappa shape index (κ3) is 3.51. The molecule has 0 bridgehead atoms. The van der Waals surface area contributed by atoms with Crippen molar-refractivity contribution in [1.82, 2.24) is 14.0 Å². The van der Waals surface area contributed by atoms with Crippen molar-refractivity contribution in [2.24, 2.45) is 0 Å². The Morgan fingerprint density at radius 3 is 2.19 bits per heavy atom. The van der Waals surface area contributed by atoms with Gasteiger partial charge >= 0.3 is 0 Å². The van der Waals surface area contributed by atoms with E-state index in [1.54, 1.807) is 34.9 Å². The van der Waals surface area contributed by atoms with E-state index in [1.807, 2.05) is 6.07 Å². The van der Waals surface area contributed by atoms with Crippen LogP contribution in [0, 0.1) is 11.6 Å². The maximum atomic E-state index is 13.3. The summed E-state index contributed by atoms with van der Waals surface area (Å²) in [5, 5.41) is 2.72. The first-order chi connectivity index (χ1) is 15.5. The van der Waals surface area contributed by atoms with E-state index in [0.29, 0.717) is 28.0 Å². The Kier molecular flexibility index (Phi) is 4.74. The molecule has 2 heterocycles. The van der Waals surface area contributed by atoms with E-state index in [1.165, 1.54) is 46.9 Å². The van der Waals surface area contributed by atoms with E-state index in [0.717, 1.165) is 0 Å². The van der Waals surface area contributed by atoms with Gasteiger partial charge in [-0.05, 0) is 60.7 Å². The lowest BCUT2D eigenvalue weighted by atomic mass is 10.1. The molecule has 5 aromatic rings. The quantitative estimate of drug-likeness (QED) is 0.464. The molecule has 158 valence electrons. The molecule has 1 amide bonds. The predicted molar refractivity (Wildman–Crippen MR) is 117 cm³/mol. The van der Waals surface area contributed by atoms with E-state index in [-0.39, 0.29) is 23.8 Å². The number of nitrogens with zero attached hydrogens (tertiary/aromatic N) is 3. The number of fused-ring (bicyclic) bond motifs is 3. The second kappa shape index (κ2) is 7.73. The number of anilines is 1. The van der Waals surface area contributed by atoms with Crippen molar-refractivity contribution in [1.29, 1.82) is 0 Å². The lowest BCUT2D eigenvalue weighted by Gasteiger charge is -2.08. The number of hydrogen-bond donors (Lipinski definition) is 1. The fourth-order valence-electron chi connectivity index (χ4n) is 3.67. The molecule has 0 aliphatic heterocycles. The third-order valence-corrected chi connectivity index (χ3v) is 5.13. The van der Waals surface area contributed by atoms with E-state index >= 15 is 0 Å². The Balaban J connectivity index is 1.62. The summed E-state index contributed by atoms with van der Waals surface area (Å²) in [6.07, 6.45) is 0. The van der Waals surface area contributed by atoms with Crippen LogP contribution in [0.3, 0.4) is 0 Å². The van der Waals surface area contributed by atoms with Gasteiger partial charge in [0, 0.05) is 17.3 Å². The molecule has 8 heteroatoms. The highest BCUT2D eigenvalue weighted by atomic mass is 19.1. The second-order valence-corrected chi connectivity index (χ2v) is 7.25. The number of para-hydroxylation sites is 2. The van der Waals surface area contributed by atoms with E-state index < -0.39 is 11.6 Å². The fourth-order valence-corrected chi connectivity index (χ4v) is 3.67. The number of aromatic nitrogens is 3. The molecule has 0 radical (unpaired) electrons. The number of halogens is 2. The smallest absolute Gasteiger partial charge is 0.260 e. The van der Waals surface area contributed by atoms with Crippen LogP contribution in [-0.2, 0) is 11.3 Å². The summed E-state index contributed by atoms with van der Waals surface area (Å²) < 4.78 is 29.5.